The first-order valence-electron chi connectivity index (χ1n) is 5.85. The average molecular weight is 234 g/mol. The van der Waals surface area contributed by atoms with Crippen molar-refractivity contribution in [3.8, 4) is 0 Å². The van der Waals surface area contributed by atoms with Crippen LogP contribution in [0, 0.1) is 13.8 Å². The molecule has 0 aliphatic heterocycles. The van der Waals surface area contributed by atoms with Crippen molar-refractivity contribution in [3.63, 3.8) is 0 Å². The third-order valence-corrected chi connectivity index (χ3v) is 3.65. The monoisotopic (exact) mass is 234 g/mol. The summed E-state index contributed by atoms with van der Waals surface area (Å²) in [6.07, 6.45) is 0.634. The van der Waals surface area contributed by atoms with Gasteiger partial charge in [-0.05, 0) is 37.8 Å². The maximum atomic E-state index is 11.5. The van der Waals surface area contributed by atoms with Crippen molar-refractivity contribution in [3.05, 3.63) is 34.9 Å². The van der Waals surface area contributed by atoms with E-state index in [0.717, 1.165) is 24.0 Å². The predicted molar refractivity (Wildman–Crippen MR) is 64.9 cm³/mol. The first-order chi connectivity index (χ1) is 8.01. The summed E-state index contributed by atoms with van der Waals surface area (Å²) in [5.74, 6) is -0.539. The molecule has 1 aromatic carbocycles. The van der Waals surface area contributed by atoms with Gasteiger partial charge >= 0.3 is 5.97 Å². The number of hydrogen-bond donors (Lipinski definition) is 1. The number of ether oxygens (including phenoxy) is 1. The smallest absolute Gasteiger partial charge is 0.335 e. The van der Waals surface area contributed by atoms with Crippen LogP contribution in [-0.4, -0.2) is 24.3 Å². The number of carbonyl (C=O) groups is 1. The minimum absolute atomic E-state index is 0.412. The summed E-state index contributed by atoms with van der Waals surface area (Å²) >= 11 is 0. The molecule has 1 unspecified atom stereocenters. The highest BCUT2D eigenvalue weighted by Gasteiger charge is 2.54. The molecular weight excluding hydrogens is 216 g/mol. The molecule has 3 heteroatoms. The second-order valence-corrected chi connectivity index (χ2v) is 4.90. The first kappa shape index (κ1) is 12.1. The van der Waals surface area contributed by atoms with Gasteiger partial charge in [0.2, 0.25) is 0 Å². The number of hydrogen-bond acceptors (Lipinski definition) is 3. The van der Waals surface area contributed by atoms with Crippen LogP contribution in [0.25, 0.3) is 0 Å². The van der Waals surface area contributed by atoms with Gasteiger partial charge in [-0.2, -0.15) is 0 Å². The van der Waals surface area contributed by atoms with E-state index in [4.69, 9.17) is 0 Å². The maximum absolute atomic E-state index is 11.5. The van der Waals surface area contributed by atoms with Crippen LogP contribution in [-0.2, 0) is 14.9 Å². The lowest BCUT2D eigenvalue weighted by molar-refractivity contribution is -0.152. The van der Waals surface area contributed by atoms with Gasteiger partial charge in [-0.15, -0.1) is 0 Å². The lowest BCUT2D eigenvalue weighted by Gasteiger charge is -2.22. The Morgan fingerprint density at radius 2 is 2.06 bits per heavy atom. The van der Waals surface area contributed by atoms with Crippen LogP contribution in [0.2, 0.25) is 0 Å². The normalized spacial score (nSPS) is 18.6. The fraction of sp³-hybridized carbons (Fsp3) is 0.500. The van der Waals surface area contributed by atoms with Crippen molar-refractivity contribution in [2.24, 2.45) is 0 Å². The van der Waals surface area contributed by atoms with Crippen LogP contribution in [0.15, 0.2) is 18.2 Å². The fourth-order valence-electron chi connectivity index (χ4n) is 2.53. The highest BCUT2D eigenvalue weighted by Crippen LogP contribution is 2.52. The number of aliphatic hydroxyl groups excluding tert-OH is 1. The van der Waals surface area contributed by atoms with Gasteiger partial charge in [0.05, 0.1) is 7.11 Å². The second-order valence-electron chi connectivity index (χ2n) is 4.90. The van der Waals surface area contributed by atoms with Gasteiger partial charge in [0.15, 0.2) is 6.10 Å². The van der Waals surface area contributed by atoms with E-state index in [0.29, 0.717) is 0 Å². The highest BCUT2D eigenvalue weighted by atomic mass is 16.5. The molecule has 1 aromatic rings. The molecule has 2 rings (SSSR count). The van der Waals surface area contributed by atoms with E-state index in [2.05, 4.69) is 10.8 Å². The largest absolute Gasteiger partial charge is 0.467 e. The summed E-state index contributed by atoms with van der Waals surface area (Å²) < 4.78 is 4.63. The first-order valence-corrected chi connectivity index (χ1v) is 5.85. The number of aliphatic hydroxyl groups is 1. The molecule has 0 amide bonds. The van der Waals surface area contributed by atoms with Crippen molar-refractivity contribution in [2.75, 3.05) is 7.11 Å². The lowest BCUT2D eigenvalue weighted by atomic mass is 9.86. The molecule has 3 nitrogen and oxygen atoms in total. The van der Waals surface area contributed by atoms with Crippen molar-refractivity contribution in [1.82, 2.24) is 0 Å². The molecule has 0 saturated heterocycles. The number of benzene rings is 1. The second kappa shape index (κ2) is 4.15. The quantitative estimate of drug-likeness (QED) is 0.812. The minimum Gasteiger partial charge on any atom is -0.467 e. The van der Waals surface area contributed by atoms with Crippen LogP contribution in [0.3, 0.4) is 0 Å². The molecule has 1 fully saturated rings. The Labute approximate surface area is 101 Å². The predicted octanol–water partition coefficient (Wildman–Crippen LogP) is 1.87. The number of rotatable bonds is 3. The SMILES string of the molecule is COC(=O)C(O)C1(c2ccc(C)cc2C)CC1. The van der Waals surface area contributed by atoms with Crippen LogP contribution in [0.1, 0.15) is 29.5 Å². The summed E-state index contributed by atoms with van der Waals surface area (Å²) in [6.45, 7) is 4.06. The third kappa shape index (κ3) is 1.95. The van der Waals surface area contributed by atoms with Crippen molar-refractivity contribution in [2.45, 2.75) is 38.2 Å². The van der Waals surface area contributed by atoms with Crippen LogP contribution < -0.4 is 0 Å². The Morgan fingerprint density at radius 3 is 2.53 bits per heavy atom. The van der Waals surface area contributed by atoms with Gasteiger partial charge < -0.3 is 9.84 Å². The van der Waals surface area contributed by atoms with Crippen molar-refractivity contribution >= 4 is 5.97 Å². The molecule has 0 aromatic heterocycles. The van der Waals surface area contributed by atoms with Crippen LogP contribution >= 0.6 is 0 Å². The number of carbonyl (C=O) groups excluding carboxylic acids is 1. The Hall–Kier alpha value is -1.35. The zero-order valence-corrected chi connectivity index (χ0v) is 10.5. The zero-order valence-electron chi connectivity index (χ0n) is 10.5. The van der Waals surface area contributed by atoms with E-state index in [1.54, 1.807) is 0 Å². The van der Waals surface area contributed by atoms with Crippen LogP contribution in [0.5, 0.6) is 0 Å². The van der Waals surface area contributed by atoms with Gasteiger partial charge in [-0.25, -0.2) is 4.79 Å². The molecule has 0 radical (unpaired) electrons. The lowest BCUT2D eigenvalue weighted by Crippen LogP contribution is -2.35. The maximum Gasteiger partial charge on any atom is 0.335 e. The van der Waals surface area contributed by atoms with E-state index >= 15 is 0 Å². The summed E-state index contributed by atoms with van der Waals surface area (Å²) in [5.41, 5.74) is 2.98. The zero-order chi connectivity index (χ0) is 12.6. The van der Waals surface area contributed by atoms with Crippen molar-refractivity contribution < 1.29 is 14.6 Å². The Morgan fingerprint density at radius 1 is 1.41 bits per heavy atom. The molecule has 1 aliphatic rings. The number of methoxy groups -OCH3 is 1. The fourth-order valence-corrected chi connectivity index (χ4v) is 2.53. The van der Waals surface area contributed by atoms with Gasteiger partial charge in [0.1, 0.15) is 0 Å². The minimum atomic E-state index is -1.05. The third-order valence-electron chi connectivity index (χ3n) is 3.65. The Kier molecular flexibility index (Phi) is 2.96. The Balaban J connectivity index is 2.36. The summed E-state index contributed by atoms with van der Waals surface area (Å²) in [5, 5.41) is 10.1. The van der Waals surface area contributed by atoms with Gasteiger partial charge in [0.25, 0.3) is 0 Å². The van der Waals surface area contributed by atoms with E-state index in [9.17, 15) is 9.90 Å². The van der Waals surface area contributed by atoms with Crippen LogP contribution in [0.4, 0.5) is 0 Å². The molecule has 1 aliphatic carbocycles. The Bertz CT molecular complexity index is 447. The molecule has 17 heavy (non-hydrogen) atoms. The highest BCUT2D eigenvalue weighted by molar-refractivity contribution is 5.77. The molecule has 0 spiro atoms. The van der Waals surface area contributed by atoms with Crippen molar-refractivity contribution in [1.29, 1.82) is 0 Å². The molecule has 92 valence electrons. The van der Waals surface area contributed by atoms with E-state index < -0.39 is 17.5 Å². The average Bonchev–Trinajstić information content (AvgIpc) is 3.08. The van der Waals surface area contributed by atoms with Gasteiger partial charge in [-0.1, -0.05) is 23.8 Å². The summed E-state index contributed by atoms with van der Waals surface area (Å²) in [7, 11) is 1.31. The summed E-state index contributed by atoms with van der Waals surface area (Å²) in [6, 6.07) is 6.12. The number of esters is 1. The van der Waals surface area contributed by atoms with Gasteiger partial charge in [0, 0.05) is 5.41 Å². The molecule has 0 heterocycles. The molecular formula is C14H18O3. The van der Waals surface area contributed by atoms with E-state index in [1.165, 1.54) is 12.7 Å². The molecule has 1 saturated carbocycles. The summed E-state index contributed by atoms with van der Waals surface area (Å²) in [4.78, 5) is 11.5. The molecule has 1 N–H and O–H groups in total. The van der Waals surface area contributed by atoms with E-state index in [1.807, 2.05) is 26.0 Å². The van der Waals surface area contributed by atoms with Gasteiger partial charge in [-0.3, -0.25) is 0 Å². The standard InChI is InChI=1S/C14H18O3/c1-9-4-5-11(10(2)8-9)14(6-7-14)12(15)13(16)17-3/h4-5,8,12,15H,6-7H2,1-3H3. The molecule has 1 atom stereocenters. The molecule has 0 bridgehead atoms. The van der Waals surface area contributed by atoms with E-state index in [-0.39, 0.29) is 0 Å². The number of aryl methyl sites for hydroxylation is 2. The topological polar surface area (TPSA) is 46.5 Å².